The van der Waals surface area contributed by atoms with Crippen molar-refractivity contribution in [1.29, 1.82) is 0 Å². The molecule has 0 bridgehead atoms. The Kier molecular flexibility index (Phi) is 4.59. The minimum absolute atomic E-state index is 0.151. The van der Waals surface area contributed by atoms with Crippen LogP contribution in [0.2, 0.25) is 0 Å². The van der Waals surface area contributed by atoms with Crippen molar-refractivity contribution in [2.45, 2.75) is 12.5 Å². The van der Waals surface area contributed by atoms with Gasteiger partial charge in [-0.3, -0.25) is 10.1 Å². The van der Waals surface area contributed by atoms with Gasteiger partial charge in [0.1, 0.15) is 0 Å². The number of ether oxygens (including phenoxy) is 1. The van der Waals surface area contributed by atoms with Gasteiger partial charge >= 0.3 is 5.97 Å². The molecule has 1 rings (SSSR count). The maximum atomic E-state index is 11.0. The molecule has 0 radical (unpaired) electrons. The molecule has 0 fully saturated rings. The molecule has 1 atom stereocenters. The molecule has 1 aromatic rings. The fourth-order valence-electron chi connectivity index (χ4n) is 1.31. The third-order valence-electron chi connectivity index (χ3n) is 2.13. The number of esters is 1. The lowest BCUT2D eigenvalue weighted by atomic mass is 10.1. The van der Waals surface area contributed by atoms with Gasteiger partial charge in [0.15, 0.2) is 6.10 Å². The molecule has 1 aromatic carbocycles. The molecule has 17 heavy (non-hydrogen) atoms. The highest BCUT2D eigenvalue weighted by atomic mass is 79.9. The van der Waals surface area contributed by atoms with E-state index in [4.69, 9.17) is 0 Å². The Morgan fingerprint density at radius 1 is 1.65 bits per heavy atom. The van der Waals surface area contributed by atoms with Gasteiger partial charge < -0.3 is 9.84 Å². The number of halogens is 1. The van der Waals surface area contributed by atoms with E-state index in [2.05, 4.69) is 20.7 Å². The van der Waals surface area contributed by atoms with Gasteiger partial charge in [0.2, 0.25) is 0 Å². The van der Waals surface area contributed by atoms with E-state index in [1.807, 2.05) is 0 Å². The number of nitro groups is 1. The highest BCUT2D eigenvalue weighted by Crippen LogP contribution is 2.24. The van der Waals surface area contributed by atoms with Gasteiger partial charge in [-0.1, -0.05) is 22.0 Å². The second-order valence-corrected chi connectivity index (χ2v) is 4.19. The summed E-state index contributed by atoms with van der Waals surface area (Å²) >= 11 is 3.11. The first kappa shape index (κ1) is 13.6. The molecule has 0 saturated carbocycles. The van der Waals surface area contributed by atoms with Crippen LogP contribution in [0.5, 0.6) is 0 Å². The van der Waals surface area contributed by atoms with E-state index in [0.717, 1.165) is 7.11 Å². The quantitative estimate of drug-likeness (QED) is 0.516. The normalized spacial score (nSPS) is 11.9. The van der Waals surface area contributed by atoms with Crippen molar-refractivity contribution in [3.8, 4) is 0 Å². The number of hydrogen-bond acceptors (Lipinski definition) is 5. The van der Waals surface area contributed by atoms with Crippen LogP contribution in [-0.4, -0.2) is 29.2 Å². The van der Waals surface area contributed by atoms with Crippen LogP contribution >= 0.6 is 15.9 Å². The molecule has 0 aliphatic carbocycles. The van der Waals surface area contributed by atoms with Crippen LogP contribution in [0.25, 0.3) is 0 Å². The van der Waals surface area contributed by atoms with Crippen molar-refractivity contribution in [2.24, 2.45) is 0 Å². The van der Waals surface area contributed by atoms with Crippen LogP contribution in [0.3, 0.4) is 0 Å². The average Bonchev–Trinajstić information content (AvgIpc) is 2.29. The van der Waals surface area contributed by atoms with Gasteiger partial charge in [-0.15, -0.1) is 0 Å². The smallest absolute Gasteiger partial charge is 0.335 e. The minimum Gasteiger partial charge on any atom is -0.467 e. The number of rotatable bonds is 4. The molecule has 1 unspecified atom stereocenters. The first-order valence-corrected chi connectivity index (χ1v) is 5.43. The van der Waals surface area contributed by atoms with E-state index in [9.17, 15) is 20.0 Å². The molecule has 0 spiro atoms. The first-order valence-electron chi connectivity index (χ1n) is 4.64. The largest absolute Gasteiger partial charge is 0.467 e. The zero-order valence-electron chi connectivity index (χ0n) is 8.92. The van der Waals surface area contributed by atoms with Gasteiger partial charge in [0.25, 0.3) is 5.69 Å². The summed E-state index contributed by atoms with van der Waals surface area (Å²) in [4.78, 5) is 21.2. The number of nitro benzene ring substituents is 1. The summed E-state index contributed by atoms with van der Waals surface area (Å²) in [7, 11) is 1.14. The van der Waals surface area contributed by atoms with E-state index in [0.29, 0.717) is 4.47 Å². The van der Waals surface area contributed by atoms with E-state index < -0.39 is 17.0 Å². The summed E-state index contributed by atoms with van der Waals surface area (Å²) in [5.41, 5.74) is 0.124. The third-order valence-corrected chi connectivity index (χ3v) is 2.62. The van der Waals surface area contributed by atoms with Gasteiger partial charge in [-0.2, -0.15) is 0 Å². The van der Waals surface area contributed by atoms with Crippen molar-refractivity contribution in [3.63, 3.8) is 0 Å². The number of benzene rings is 1. The first-order chi connectivity index (χ1) is 7.95. The second-order valence-electron chi connectivity index (χ2n) is 3.27. The molecule has 0 aliphatic rings. The third kappa shape index (κ3) is 3.50. The van der Waals surface area contributed by atoms with Gasteiger partial charge in [0.05, 0.1) is 12.0 Å². The SMILES string of the molecule is COC(=O)C(O)Cc1ccc(Br)cc1[N+](=O)[O-]. The Morgan fingerprint density at radius 3 is 2.82 bits per heavy atom. The molecule has 0 amide bonds. The molecule has 0 heterocycles. The lowest BCUT2D eigenvalue weighted by molar-refractivity contribution is -0.385. The minimum atomic E-state index is -1.40. The maximum Gasteiger partial charge on any atom is 0.335 e. The molecule has 0 aromatic heterocycles. The van der Waals surface area contributed by atoms with Crippen molar-refractivity contribution in [2.75, 3.05) is 7.11 Å². The van der Waals surface area contributed by atoms with E-state index >= 15 is 0 Å². The summed E-state index contributed by atoms with van der Waals surface area (Å²) in [5.74, 6) is -0.817. The summed E-state index contributed by atoms with van der Waals surface area (Å²) in [6.07, 6.45) is -1.56. The Balaban J connectivity index is 2.98. The Hall–Kier alpha value is -1.47. The van der Waals surface area contributed by atoms with Crippen LogP contribution in [0.4, 0.5) is 5.69 Å². The second kappa shape index (κ2) is 5.74. The standard InChI is InChI=1S/C10H10BrNO5/c1-17-10(14)9(13)4-6-2-3-7(11)5-8(6)12(15)16/h2-3,5,9,13H,4H2,1H3. The van der Waals surface area contributed by atoms with Crippen LogP contribution in [0, 0.1) is 10.1 Å². The number of carbonyl (C=O) groups excluding carboxylic acids is 1. The van der Waals surface area contributed by atoms with Crippen molar-refractivity contribution in [1.82, 2.24) is 0 Å². The molecular weight excluding hydrogens is 294 g/mol. The number of aliphatic hydroxyl groups excluding tert-OH is 1. The molecule has 0 aliphatic heterocycles. The molecule has 7 heteroatoms. The average molecular weight is 304 g/mol. The van der Waals surface area contributed by atoms with E-state index in [1.165, 1.54) is 12.1 Å². The summed E-state index contributed by atoms with van der Waals surface area (Å²) in [5, 5.41) is 20.2. The molecular formula is C10H10BrNO5. The number of nitrogens with zero attached hydrogens (tertiary/aromatic N) is 1. The van der Waals surface area contributed by atoms with Gasteiger partial charge in [-0.05, 0) is 6.07 Å². The fourth-order valence-corrected chi connectivity index (χ4v) is 1.66. The summed E-state index contributed by atoms with van der Waals surface area (Å²) in [6.45, 7) is 0. The Morgan fingerprint density at radius 2 is 2.29 bits per heavy atom. The maximum absolute atomic E-state index is 11.0. The molecule has 6 nitrogen and oxygen atoms in total. The zero-order chi connectivity index (χ0) is 13.0. The monoisotopic (exact) mass is 303 g/mol. The lowest BCUT2D eigenvalue weighted by Gasteiger charge is -2.08. The molecule has 0 saturated heterocycles. The van der Waals surface area contributed by atoms with Crippen molar-refractivity contribution >= 4 is 27.6 Å². The van der Waals surface area contributed by atoms with Crippen LogP contribution in [0.15, 0.2) is 22.7 Å². The fraction of sp³-hybridized carbons (Fsp3) is 0.300. The predicted molar refractivity (Wildman–Crippen MR) is 62.5 cm³/mol. The number of hydrogen-bond donors (Lipinski definition) is 1. The topological polar surface area (TPSA) is 89.7 Å². The lowest BCUT2D eigenvalue weighted by Crippen LogP contribution is -2.24. The number of carbonyl (C=O) groups is 1. The van der Waals surface area contributed by atoms with Crippen LogP contribution in [-0.2, 0) is 16.0 Å². The Labute approximate surface area is 105 Å². The number of methoxy groups -OCH3 is 1. The van der Waals surface area contributed by atoms with Gasteiger partial charge in [0, 0.05) is 22.5 Å². The highest BCUT2D eigenvalue weighted by Gasteiger charge is 2.21. The zero-order valence-corrected chi connectivity index (χ0v) is 10.5. The van der Waals surface area contributed by atoms with Crippen molar-refractivity contribution < 1.29 is 19.6 Å². The van der Waals surface area contributed by atoms with E-state index in [1.54, 1.807) is 6.07 Å². The van der Waals surface area contributed by atoms with Crippen LogP contribution < -0.4 is 0 Å². The Bertz CT molecular complexity index is 448. The number of aliphatic hydroxyl groups is 1. The summed E-state index contributed by atoms with van der Waals surface area (Å²) < 4.78 is 4.90. The van der Waals surface area contributed by atoms with Crippen LogP contribution in [0.1, 0.15) is 5.56 Å². The van der Waals surface area contributed by atoms with Gasteiger partial charge in [-0.25, -0.2) is 4.79 Å². The highest BCUT2D eigenvalue weighted by molar-refractivity contribution is 9.10. The molecule has 1 N–H and O–H groups in total. The van der Waals surface area contributed by atoms with Crippen molar-refractivity contribution in [3.05, 3.63) is 38.3 Å². The summed E-state index contributed by atoms with van der Waals surface area (Å²) in [6, 6.07) is 4.40. The molecule has 92 valence electrons. The predicted octanol–water partition coefficient (Wildman–Crippen LogP) is 1.43. The van der Waals surface area contributed by atoms with E-state index in [-0.39, 0.29) is 17.7 Å².